The Balaban J connectivity index is 2.05. The molecule has 37 heavy (non-hydrogen) atoms. The number of ether oxygens (including phenoxy) is 5. The Bertz CT molecular complexity index is 1210. The van der Waals surface area contributed by atoms with Crippen LogP contribution in [-0.2, 0) is 11.3 Å². The molecule has 0 saturated heterocycles. The maximum Gasteiger partial charge on any atom is 0.415 e. The van der Waals surface area contributed by atoms with Crippen LogP contribution in [0.15, 0.2) is 36.5 Å². The van der Waals surface area contributed by atoms with E-state index in [1.54, 1.807) is 23.1 Å². The summed E-state index contributed by atoms with van der Waals surface area (Å²) in [6.45, 7) is 8.50. The minimum absolute atomic E-state index is 0.243. The Labute approximate surface area is 217 Å². The minimum atomic E-state index is -0.497. The van der Waals surface area contributed by atoms with Crippen molar-refractivity contribution in [1.29, 1.82) is 0 Å². The van der Waals surface area contributed by atoms with E-state index < -0.39 is 12.0 Å². The van der Waals surface area contributed by atoms with E-state index in [0.717, 1.165) is 10.9 Å². The van der Waals surface area contributed by atoms with Crippen molar-refractivity contribution >= 4 is 28.6 Å². The van der Waals surface area contributed by atoms with E-state index in [1.807, 2.05) is 43.7 Å². The lowest BCUT2D eigenvalue weighted by Gasteiger charge is -2.20. The average molecular weight is 514 g/mol. The van der Waals surface area contributed by atoms with Crippen LogP contribution in [0.25, 0.3) is 10.9 Å². The maximum atomic E-state index is 13.5. The number of nitrogens with one attached hydrogen (secondary N) is 1. The number of benzene rings is 2. The quantitative estimate of drug-likeness (QED) is 0.347. The summed E-state index contributed by atoms with van der Waals surface area (Å²) < 4.78 is 29.4. The lowest BCUT2D eigenvalue weighted by atomic mass is 10.1. The number of carbonyl (C=O) groups excluding carboxylic acids is 2. The van der Waals surface area contributed by atoms with Gasteiger partial charge in [0.15, 0.2) is 17.2 Å². The lowest BCUT2D eigenvalue weighted by molar-refractivity contribution is 0.102. The number of amides is 2. The van der Waals surface area contributed by atoms with Crippen LogP contribution in [-0.4, -0.2) is 69.1 Å². The molecule has 10 nitrogen and oxygen atoms in total. The first kappa shape index (κ1) is 27.7. The normalized spacial score (nSPS) is 10.8. The van der Waals surface area contributed by atoms with Gasteiger partial charge in [0.1, 0.15) is 0 Å². The van der Waals surface area contributed by atoms with Crippen molar-refractivity contribution in [2.75, 3.05) is 52.9 Å². The van der Waals surface area contributed by atoms with Crippen molar-refractivity contribution in [2.24, 2.45) is 0 Å². The Hall–Kier alpha value is -3.92. The Morgan fingerprint density at radius 3 is 2.16 bits per heavy atom. The fourth-order valence-corrected chi connectivity index (χ4v) is 4.01. The molecular weight excluding hydrogens is 478 g/mol. The van der Waals surface area contributed by atoms with Gasteiger partial charge >= 0.3 is 6.09 Å². The standard InChI is InChI=1S/C27H35N3O7/c1-7-29(8-2)27(32)37-21-11-10-20-19(12-13-30(20)14-15-36-9-3)24(21)28-26(31)18-16-22(33-4)25(35-6)23(17-18)34-5/h10-13,16-17H,7-9,14-15H2,1-6H3,(H,28,31). The maximum absolute atomic E-state index is 13.5. The number of hydrogen-bond acceptors (Lipinski definition) is 7. The summed E-state index contributed by atoms with van der Waals surface area (Å²) >= 11 is 0. The van der Waals surface area contributed by atoms with Crippen LogP contribution in [0.1, 0.15) is 31.1 Å². The highest BCUT2D eigenvalue weighted by Crippen LogP contribution is 2.39. The van der Waals surface area contributed by atoms with Crippen molar-refractivity contribution in [3.63, 3.8) is 0 Å². The fourth-order valence-electron chi connectivity index (χ4n) is 4.01. The van der Waals surface area contributed by atoms with Crippen LogP contribution < -0.4 is 24.3 Å². The largest absolute Gasteiger partial charge is 0.493 e. The predicted molar refractivity (Wildman–Crippen MR) is 141 cm³/mol. The molecule has 3 aromatic rings. The number of methoxy groups -OCH3 is 3. The van der Waals surface area contributed by atoms with Gasteiger partial charge in [0, 0.05) is 43.4 Å². The molecule has 1 N–H and O–H groups in total. The molecule has 0 bridgehead atoms. The molecule has 0 radical (unpaired) electrons. The number of anilines is 1. The first-order valence-corrected chi connectivity index (χ1v) is 12.2. The number of carbonyl (C=O) groups is 2. The van der Waals surface area contributed by atoms with Crippen LogP contribution in [0, 0.1) is 0 Å². The molecule has 1 aromatic heterocycles. The van der Waals surface area contributed by atoms with E-state index in [0.29, 0.717) is 55.8 Å². The molecular formula is C27H35N3O7. The van der Waals surface area contributed by atoms with Gasteiger partial charge in [-0.2, -0.15) is 0 Å². The van der Waals surface area contributed by atoms with Gasteiger partial charge < -0.3 is 38.5 Å². The zero-order valence-corrected chi connectivity index (χ0v) is 22.3. The van der Waals surface area contributed by atoms with Crippen LogP contribution in [0.3, 0.4) is 0 Å². The van der Waals surface area contributed by atoms with Gasteiger partial charge in [-0.15, -0.1) is 0 Å². The number of rotatable bonds is 12. The fraction of sp³-hybridized carbons (Fsp3) is 0.407. The summed E-state index contributed by atoms with van der Waals surface area (Å²) in [6, 6.07) is 8.55. The van der Waals surface area contributed by atoms with Gasteiger partial charge in [0.05, 0.1) is 39.1 Å². The van der Waals surface area contributed by atoms with Crippen LogP contribution >= 0.6 is 0 Å². The topological polar surface area (TPSA) is 100 Å². The third-order valence-electron chi connectivity index (χ3n) is 5.98. The van der Waals surface area contributed by atoms with Gasteiger partial charge in [0.25, 0.3) is 5.91 Å². The van der Waals surface area contributed by atoms with Crippen LogP contribution in [0.5, 0.6) is 23.0 Å². The summed E-state index contributed by atoms with van der Waals surface area (Å²) in [5, 5.41) is 3.66. The molecule has 0 saturated carbocycles. The Morgan fingerprint density at radius 2 is 1.59 bits per heavy atom. The molecule has 0 unspecified atom stereocenters. The summed E-state index contributed by atoms with van der Waals surface area (Å²) in [4.78, 5) is 27.8. The average Bonchev–Trinajstić information content (AvgIpc) is 3.32. The molecule has 200 valence electrons. The number of aromatic nitrogens is 1. The lowest BCUT2D eigenvalue weighted by Crippen LogP contribution is -2.33. The molecule has 10 heteroatoms. The van der Waals surface area contributed by atoms with E-state index in [2.05, 4.69) is 5.32 Å². The second kappa shape index (κ2) is 12.9. The summed E-state index contributed by atoms with van der Waals surface area (Å²) in [5.74, 6) is 0.881. The minimum Gasteiger partial charge on any atom is -0.493 e. The van der Waals surface area contributed by atoms with Gasteiger partial charge in [-0.25, -0.2) is 4.79 Å². The number of fused-ring (bicyclic) bond motifs is 1. The Kier molecular flexibility index (Phi) is 9.62. The highest BCUT2D eigenvalue weighted by Gasteiger charge is 2.22. The predicted octanol–water partition coefficient (Wildman–Crippen LogP) is 4.80. The van der Waals surface area contributed by atoms with Crippen molar-refractivity contribution in [1.82, 2.24) is 9.47 Å². The SMILES string of the molecule is CCOCCn1ccc2c(NC(=O)c3cc(OC)c(OC)c(OC)c3)c(OC(=O)N(CC)CC)ccc21. The molecule has 3 rings (SSSR count). The van der Waals surface area contributed by atoms with E-state index >= 15 is 0 Å². The summed E-state index contributed by atoms with van der Waals surface area (Å²) in [7, 11) is 4.46. The highest BCUT2D eigenvalue weighted by molar-refractivity contribution is 6.11. The smallest absolute Gasteiger partial charge is 0.415 e. The summed E-state index contributed by atoms with van der Waals surface area (Å²) in [6.07, 6.45) is 1.41. The van der Waals surface area contributed by atoms with E-state index in [4.69, 9.17) is 23.7 Å². The van der Waals surface area contributed by atoms with Gasteiger partial charge in [-0.1, -0.05) is 0 Å². The van der Waals surface area contributed by atoms with E-state index in [9.17, 15) is 9.59 Å². The molecule has 0 spiro atoms. The van der Waals surface area contributed by atoms with Crippen molar-refractivity contribution in [3.8, 4) is 23.0 Å². The number of hydrogen-bond donors (Lipinski definition) is 1. The molecule has 0 aliphatic heterocycles. The monoisotopic (exact) mass is 513 g/mol. The molecule has 0 atom stereocenters. The molecule has 0 aliphatic carbocycles. The van der Waals surface area contributed by atoms with Crippen LogP contribution in [0.2, 0.25) is 0 Å². The second-order valence-corrected chi connectivity index (χ2v) is 7.99. The first-order chi connectivity index (χ1) is 17.9. The third kappa shape index (κ3) is 6.08. The van der Waals surface area contributed by atoms with Gasteiger partial charge in [0.2, 0.25) is 5.75 Å². The zero-order chi connectivity index (χ0) is 26.9. The van der Waals surface area contributed by atoms with Crippen molar-refractivity contribution < 1.29 is 33.3 Å². The van der Waals surface area contributed by atoms with Crippen LogP contribution in [0.4, 0.5) is 10.5 Å². The summed E-state index contributed by atoms with van der Waals surface area (Å²) in [5.41, 5.74) is 1.53. The highest BCUT2D eigenvalue weighted by atomic mass is 16.6. The molecule has 2 amide bonds. The van der Waals surface area contributed by atoms with Gasteiger partial charge in [-0.3, -0.25) is 4.79 Å². The second-order valence-electron chi connectivity index (χ2n) is 7.99. The first-order valence-electron chi connectivity index (χ1n) is 12.2. The molecule has 0 fully saturated rings. The van der Waals surface area contributed by atoms with Gasteiger partial charge in [-0.05, 0) is 51.1 Å². The molecule has 2 aromatic carbocycles. The van der Waals surface area contributed by atoms with Crippen molar-refractivity contribution in [3.05, 3.63) is 42.1 Å². The number of nitrogens with zero attached hydrogens (tertiary/aromatic N) is 2. The van der Waals surface area contributed by atoms with E-state index in [-0.39, 0.29) is 11.3 Å². The van der Waals surface area contributed by atoms with Crippen molar-refractivity contribution in [2.45, 2.75) is 27.3 Å². The molecule has 1 heterocycles. The zero-order valence-electron chi connectivity index (χ0n) is 22.3. The van der Waals surface area contributed by atoms with E-state index in [1.165, 1.54) is 21.3 Å². The third-order valence-corrected chi connectivity index (χ3v) is 5.98. The molecule has 0 aliphatic rings. The Morgan fingerprint density at radius 1 is 0.919 bits per heavy atom.